The van der Waals surface area contributed by atoms with Crippen LogP contribution in [-0.4, -0.2) is 26.3 Å². The number of nitrogens with zero attached hydrogens (tertiary/aromatic N) is 3. The van der Waals surface area contributed by atoms with Crippen LogP contribution in [0, 0.1) is 12.7 Å². The first-order chi connectivity index (χ1) is 13.6. The maximum atomic E-state index is 13.8. The third-order valence-electron chi connectivity index (χ3n) is 4.33. The Balaban J connectivity index is 1.68. The highest BCUT2D eigenvalue weighted by molar-refractivity contribution is 7.86. The van der Waals surface area contributed by atoms with E-state index >= 15 is 0 Å². The normalized spacial score (nSPS) is 12.2. The van der Waals surface area contributed by atoms with E-state index in [4.69, 9.17) is 9.26 Å². The van der Waals surface area contributed by atoms with Crippen LogP contribution in [0.2, 0.25) is 0 Å². The summed E-state index contributed by atoms with van der Waals surface area (Å²) >= 11 is 0. The molecule has 1 unspecified atom stereocenters. The van der Waals surface area contributed by atoms with E-state index in [2.05, 4.69) is 15.0 Å². The van der Waals surface area contributed by atoms with Crippen molar-refractivity contribution in [2.45, 2.75) is 18.4 Å². The summed E-state index contributed by atoms with van der Waals surface area (Å²) in [5.41, 5.74) is 1.71. The van der Waals surface area contributed by atoms with Gasteiger partial charge in [-0.25, -0.2) is 8.60 Å². The predicted octanol–water partition coefficient (Wildman–Crippen LogP) is 3.66. The summed E-state index contributed by atoms with van der Waals surface area (Å²) in [5, 5.41) is 8.74. The van der Waals surface area contributed by atoms with Crippen molar-refractivity contribution in [3.05, 3.63) is 65.7 Å². The van der Waals surface area contributed by atoms with Gasteiger partial charge in [-0.2, -0.15) is 5.10 Å². The van der Waals surface area contributed by atoms with Crippen molar-refractivity contribution >= 4 is 27.8 Å². The second kappa shape index (κ2) is 7.43. The Morgan fingerprint density at radius 3 is 2.93 bits per heavy atom. The first kappa shape index (κ1) is 18.2. The molecule has 0 radical (unpaired) electrons. The van der Waals surface area contributed by atoms with Gasteiger partial charge in [0.25, 0.3) is 0 Å². The highest BCUT2D eigenvalue weighted by Gasteiger charge is 2.19. The molecule has 2 aromatic carbocycles. The fourth-order valence-electron chi connectivity index (χ4n) is 2.92. The van der Waals surface area contributed by atoms with E-state index < -0.39 is 16.8 Å². The van der Waals surface area contributed by atoms with Crippen molar-refractivity contribution in [1.29, 1.82) is 0 Å². The van der Waals surface area contributed by atoms with E-state index in [1.165, 1.54) is 19.2 Å². The Morgan fingerprint density at radius 2 is 2.18 bits per heavy atom. The lowest BCUT2D eigenvalue weighted by atomic mass is 10.1. The maximum absolute atomic E-state index is 13.8. The summed E-state index contributed by atoms with van der Waals surface area (Å²) in [6, 6.07) is 9.96. The van der Waals surface area contributed by atoms with Gasteiger partial charge in [-0.15, -0.1) is 0 Å². The lowest BCUT2D eigenvalue weighted by Gasteiger charge is -2.09. The molecule has 7 nitrogen and oxygen atoms in total. The van der Waals surface area contributed by atoms with Gasteiger partial charge in [0.15, 0.2) is 22.4 Å². The van der Waals surface area contributed by atoms with Gasteiger partial charge in [0.1, 0.15) is 17.0 Å². The first-order valence-corrected chi connectivity index (χ1v) is 9.59. The van der Waals surface area contributed by atoms with Gasteiger partial charge in [0.05, 0.1) is 18.6 Å². The molecule has 2 heterocycles. The van der Waals surface area contributed by atoms with E-state index in [9.17, 15) is 8.60 Å². The van der Waals surface area contributed by atoms with Gasteiger partial charge in [0, 0.05) is 18.0 Å². The smallest absolute Gasteiger partial charge is 0.193 e. The molecule has 0 aliphatic heterocycles. The number of halogens is 1. The zero-order chi connectivity index (χ0) is 19.7. The van der Waals surface area contributed by atoms with Gasteiger partial charge < -0.3 is 9.26 Å². The largest absolute Gasteiger partial charge is 0.496 e. The first-order valence-electron chi connectivity index (χ1n) is 8.44. The summed E-state index contributed by atoms with van der Waals surface area (Å²) in [6.07, 6.45) is 3.56. The molecule has 0 saturated heterocycles. The van der Waals surface area contributed by atoms with Crippen LogP contribution in [0.4, 0.5) is 10.2 Å². The lowest BCUT2D eigenvalue weighted by molar-refractivity contribution is 0.418. The van der Waals surface area contributed by atoms with Crippen molar-refractivity contribution in [1.82, 2.24) is 14.9 Å². The van der Waals surface area contributed by atoms with Gasteiger partial charge in [-0.05, 0) is 42.8 Å². The van der Waals surface area contributed by atoms with Crippen LogP contribution in [-0.2, 0) is 17.5 Å². The highest BCUT2D eigenvalue weighted by Crippen LogP contribution is 2.34. The van der Waals surface area contributed by atoms with Crippen molar-refractivity contribution in [2.75, 3.05) is 11.8 Å². The number of rotatable bonds is 6. The molecule has 0 amide bonds. The molecule has 4 rings (SSSR count). The zero-order valence-corrected chi connectivity index (χ0v) is 16.0. The Morgan fingerprint density at radius 1 is 1.32 bits per heavy atom. The highest BCUT2D eigenvalue weighted by atomic mass is 32.2. The van der Waals surface area contributed by atoms with Crippen molar-refractivity contribution in [2.24, 2.45) is 0 Å². The SMILES string of the molecule is COc1cc(Cn2cccn2)cc2onc(NS(=O)c3cccc(F)c3C)c12. The Kier molecular flexibility index (Phi) is 4.82. The minimum atomic E-state index is -1.71. The number of nitrogens with one attached hydrogen (secondary N) is 1. The quantitative estimate of drug-likeness (QED) is 0.534. The van der Waals surface area contributed by atoms with E-state index in [1.54, 1.807) is 23.9 Å². The summed E-state index contributed by atoms with van der Waals surface area (Å²) < 4.78 is 41.9. The van der Waals surface area contributed by atoms with Gasteiger partial charge in [-0.1, -0.05) is 11.2 Å². The molecule has 9 heteroatoms. The van der Waals surface area contributed by atoms with Gasteiger partial charge in [-0.3, -0.25) is 9.40 Å². The van der Waals surface area contributed by atoms with Crippen LogP contribution >= 0.6 is 0 Å². The molecule has 144 valence electrons. The van der Waals surface area contributed by atoms with Crippen LogP contribution in [0.3, 0.4) is 0 Å². The van der Waals surface area contributed by atoms with E-state index in [1.807, 2.05) is 24.4 Å². The summed E-state index contributed by atoms with van der Waals surface area (Å²) in [7, 11) is -0.176. The predicted molar refractivity (Wildman–Crippen MR) is 103 cm³/mol. The van der Waals surface area contributed by atoms with Crippen LogP contribution in [0.25, 0.3) is 11.0 Å². The number of hydrogen-bond acceptors (Lipinski definition) is 5. The summed E-state index contributed by atoms with van der Waals surface area (Å²) in [4.78, 5) is 0.338. The third-order valence-corrected chi connectivity index (χ3v) is 5.55. The van der Waals surface area contributed by atoms with Crippen molar-refractivity contribution in [3.8, 4) is 5.75 Å². The standard InChI is InChI=1S/C19H17FN4O3S/c1-12-14(20)5-3-6-17(12)28(25)23-19-18-15(26-2)9-13(10-16(18)27-22-19)11-24-8-4-7-21-24/h3-10H,11H2,1-2H3,(H,22,23). The lowest BCUT2D eigenvalue weighted by Crippen LogP contribution is -2.08. The minimum Gasteiger partial charge on any atom is -0.496 e. The van der Waals surface area contributed by atoms with E-state index in [-0.39, 0.29) is 5.82 Å². The maximum Gasteiger partial charge on any atom is 0.193 e. The topological polar surface area (TPSA) is 82.2 Å². The molecule has 2 aromatic heterocycles. The molecule has 0 saturated carbocycles. The molecule has 0 aliphatic rings. The molecule has 0 bridgehead atoms. The molecular formula is C19H17FN4O3S. The van der Waals surface area contributed by atoms with Crippen molar-refractivity contribution in [3.63, 3.8) is 0 Å². The Bertz CT molecular complexity index is 1160. The Labute approximate surface area is 162 Å². The third kappa shape index (κ3) is 3.36. The van der Waals surface area contributed by atoms with Gasteiger partial charge >= 0.3 is 0 Å². The fraction of sp³-hybridized carbons (Fsp3) is 0.158. The monoisotopic (exact) mass is 400 g/mol. The number of anilines is 1. The number of benzene rings is 2. The second-order valence-corrected chi connectivity index (χ2v) is 7.32. The zero-order valence-electron chi connectivity index (χ0n) is 15.2. The summed E-state index contributed by atoms with van der Waals surface area (Å²) in [5.74, 6) is 0.370. The Hall–Kier alpha value is -3.20. The minimum absolute atomic E-state index is 0.263. The number of hydrogen-bond donors (Lipinski definition) is 1. The number of ether oxygens (including phenoxy) is 1. The summed E-state index contributed by atoms with van der Waals surface area (Å²) in [6.45, 7) is 2.12. The van der Waals surface area contributed by atoms with Crippen LogP contribution in [0.5, 0.6) is 5.75 Å². The molecule has 1 atom stereocenters. The van der Waals surface area contributed by atoms with Crippen molar-refractivity contribution < 1.29 is 17.9 Å². The number of methoxy groups -OCH3 is 1. The molecule has 0 fully saturated rings. The molecule has 4 aromatic rings. The van der Waals surface area contributed by atoms with E-state index in [0.29, 0.717) is 33.7 Å². The molecule has 0 aliphatic carbocycles. The second-order valence-electron chi connectivity index (χ2n) is 6.14. The molecule has 1 N–H and O–H groups in total. The molecule has 28 heavy (non-hydrogen) atoms. The van der Waals surface area contributed by atoms with Crippen LogP contribution in [0.1, 0.15) is 11.1 Å². The molecular weight excluding hydrogens is 383 g/mol. The average molecular weight is 400 g/mol. The number of aromatic nitrogens is 3. The average Bonchev–Trinajstić information content (AvgIpc) is 3.33. The fourth-order valence-corrected chi connectivity index (χ4v) is 3.93. The molecule has 0 spiro atoms. The van der Waals surface area contributed by atoms with Gasteiger partial charge in [0.2, 0.25) is 0 Å². The van der Waals surface area contributed by atoms with E-state index in [0.717, 1.165) is 5.56 Å². The van der Waals surface area contributed by atoms with Crippen LogP contribution < -0.4 is 9.46 Å². The van der Waals surface area contributed by atoms with Crippen LogP contribution in [0.15, 0.2) is 58.2 Å². The number of fused-ring (bicyclic) bond motifs is 1.